The van der Waals surface area contributed by atoms with Gasteiger partial charge in [-0.15, -0.1) is 0 Å². The van der Waals surface area contributed by atoms with Crippen LogP contribution in [0.1, 0.15) is 11.1 Å². The van der Waals surface area contributed by atoms with Crippen molar-refractivity contribution in [2.24, 2.45) is 0 Å². The Balaban J connectivity index is 1.70. The van der Waals surface area contributed by atoms with Gasteiger partial charge in [0.1, 0.15) is 17.3 Å². The highest BCUT2D eigenvalue weighted by Gasteiger charge is 2.04. The number of benzene rings is 1. The molecule has 0 spiro atoms. The van der Waals surface area contributed by atoms with Crippen molar-refractivity contribution in [2.75, 3.05) is 5.32 Å². The van der Waals surface area contributed by atoms with Gasteiger partial charge < -0.3 is 5.32 Å². The fourth-order valence-corrected chi connectivity index (χ4v) is 2.14. The molecule has 21 heavy (non-hydrogen) atoms. The van der Waals surface area contributed by atoms with Gasteiger partial charge in [-0.2, -0.15) is 5.10 Å². The number of anilines is 1. The molecule has 0 aliphatic heterocycles. The quantitative estimate of drug-likeness (QED) is 0.724. The second-order valence-corrected chi connectivity index (χ2v) is 5.02. The van der Waals surface area contributed by atoms with Crippen LogP contribution in [0.4, 0.5) is 5.82 Å². The number of aromatic amines is 1. The molecule has 2 aromatic heterocycles. The summed E-state index contributed by atoms with van der Waals surface area (Å²) in [4.78, 5) is 8.13. The second kappa shape index (κ2) is 5.93. The molecule has 2 heterocycles. The van der Waals surface area contributed by atoms with Crippen LogP contribution in [0, 0.1) is 6.92 Å². The first-order valence-electron chi connectivity index (χ1n) is 6.53. The van der Waals surface area contributed by atoms with Crippen molar-refractivity contribution in [3.63, 3.8) is 0 Å². The van der Waals surface area contributed by atoms with E-state index in [0.29, 0.717) is 11.7 Å². The number of hydrogen-bond donors (Lipinski definition) is 2. The van der Waals surface area contributed by atoms with E-state index < -0.39 is 0 Å². The van der Waals surface area contributed by atoms with Crippen molar-refractivity contribution in [1.82, 2.24) is 20.2 Å². The van der Waals surface area contributed by atoms with E-state index in [1.54, 1.807) is 6.20 Å². The van der Waals surface area contributed by atoms with Crippen LogP contribution in [-0.2, 0) is 6.54 Å². The Morgan fingerprint density at radius 3 is 2.67 bits per heavy atom. The van der Waals surface area contributed by atoms with E-state index >= 15 is 0 Å². The summed E-state index contributed by atoms with van der Waals surface area (Å²) in [6.45, 7) is 2.57. The summed E-state index contributed by atoms with van der Waals surface area (Å²) in [5.41, 5.74) is 4.13. The Bertz CT molecular complexity index is 722. The average molecular weight is 300 g/mol. The van der Waals surface area contributed by atoms with E-state index in [2.05, 4.69) is 49.7 Å². The molecule has 0 bridgehead atoms. The van der Waals surface area contributed by atoms with Crippen LogP contribution in [0.25, 0.3) is 11.3 Å². The van der Waals surface area contributed by atoms with Gasteiger partial charge in [0.15, 0.2) is 0 Å². The zero-order valence-corrected chi connectivity index (χ0v) is 12.2. The fraction of sp³-hybridized carbons (Fsp3) is 0.133. The Morgan fingerprint density at radius 1 is 1.14 bits per heavy atom. The number of aromatic nitrogens is 4. The van der Waals surface area contributed by atoms with Crippen LogP contribution < -0.4 is 5.32 Å². The van der Waals surface area contributed by atoms with E-state index in [1.807, 2.05) is 13.0 Å². The third-order valence-corrected chi connectivity index (χ3v) is 3.63. The van der Waals surface area contributed by atoms with Crippen molar-refractivity contribution in [2.45, 2.75) is 13.5 Å². The second-order valence-electron chi connectivity index (χ2n) is 4.66. The first kappa shape index (κ1) is 13.6. The number of nitrogens with one attached hydrogen (secondary N) is 2. The molecule has 0 unspecified atom stereocenters. The first-order chi connectivity index (χ1) is 10.2. The summed E-state index contributed by atoms with van der Waals surface area (Å²) in [7, 11) is 0. The predicted molar refractivity (Wildman–Crippen MR) is 83.1 cm³/mol. The normalized spacial score (nSPS) is 10.6. The highest BCUT2D eigenvalue weighted by atomic mass is 35.5. The smallest absolute Gasteiger partial charge is 0.137 e. The number of hydrogen-bond acceptors (Lipinski definition) is 4. The maximum atomic E-state index is 5.97. The molecule has 0 fully saturated rings. The summed E-state index contributed by atoms with van der Waals surface area (Å²) in [5.74, 6) is 0.757. The van der Waals surface area contributed by atoms with Crippen LogP contribution in [0.3, 0.4) is 0 Å². The van der Waals surface area contributed by atoms with Gasteiger partial charge in [-0.3, -0.25) is 5.10 Å². The number of H-pyrrole nitrogens is 1. The standard InChI is InChI=1S/C15H14ClN5/c1-10-14(16)18-9-19-15(10)17-8-11-2-4-12(5-3-11)13-6-7-20-21-13/h2-7,9H,8H2,1H3,(H,20,21)(H,17,18,19). The van der Waals surface area contributed by atoms with Crippen LogP contribution in [0.5, 0.6) is 0 Å². The molecule has 0 amide bonds. The summed E-state index contributed by atoms with van der Waals surface area (Å²) >= 11 is 5.97. The minimum absolute atomic E-state index is 0.474. The lowest BCUT2D eigenvalue weighted by Gasteiger charge is -2.09. The summed E-state index contributed by atoms with van der Waals surface area (Å²) in [6.07, 6.45) is 3.20. The molecule has 0 atom stereocenters. The molecule has 2 N–H and O–H groups in total. The lowest BCUT2D eigenvalue weighted by Crippen LogP contribution is -2.04. The Hall–Kier alpha value is -2.40. The predicted octanol–water partition coefficient (Wildman–Crippen LogP) is 3.44. The van der Waals surface area contributed by atoms with Crippen LogP contribution in [0.2, 0.25) is 5.15 Å². The highest BCUT2D eigenvalue weighted by molar-refractivity contribution is 6.30. The maximum absolute atomic E-state index is 5.97. The number of rotatable bonds is 4. The minimum Gasteiger partial charge on any atom is -0.366 e. The van der Waals surface area contributed by atoms with Crippen LogP contribution in [-0.4, -0.2) is 20.2 Å². The molecule has 0 aliphatic carbocycles. The number of nitrogens with zero attached hydrogens (tertiary/aromatic N) is 3. The maximum Gasteiger partial charge on any atom is 0.137 e. The topological polar surface area (TPSA) is 66.5 Å². The van der Waals surface area contributed by atoms with E-state index in [-0.39, 0.29) is 0 Å². The van der Waals surface area contributed by atoms with Crippen molar-refractivity contribution >= 4 is 17.4 Å². The minimum atomic E-state index is 0.474. The van der Waals surface area contributed by atoms with Gasteiger partial charge in [-0.1, -0.05) is 35.9 Å². The SMILES string of the molecule is Cc1c(Cl)ncnc1NCc1ccc(-c2ccn[nH]2)cc1. The van der Waals surface area contributed by atoms with Crippen molar-refractivity contribution in [1.29, 1.82) is 0 Å². The van der Waals surface area contributed by atoms with Crippen molar-refractivity contribution < 1.29 is 0 Å². The molecule has 5 nitrogen and oxygen atoms in total. The molecule has 1 aromatic carbocycles. The lowest BCUT2D eigenvalue weighted by atomic mass is 10.1. The van der Waals surface area contributed by atoms with Gasteiger partial charge >= 0.3 is 0 Å². The Kier molecular flexibility index (Phi) is 3.83. The third kappa shape index (κ3) is 3.03. The van der Waals surface area contributed by atoms with E-state index in [0.717, 1.165) is 28.2 Å². The summed E-state index contributed by atoms with van der Waals surface area (Å²) in [6, 6.07) is 10.2. The Morgan fingerprint density at radius 2 is 1.95 bits per heavy atom. The molecule has 0 saturated carbocycles. The molecule has 106 valence electrons. The van der Waals surface area contributed by atoms with Gasteiger partial charge in [0.05, 0.1) is 5.69 Å². The average Bonchev–Trinajstić information content (AvgIpc) is 3.04. The van der Waals surface area contributed by atoms with Crippen LogP contribution >= 0.6 is 11.6 Å². The van der Waals surface area contributed by atoms with Gasteiger partial charge in [-0.05, 0) is 24.1 Å². The summed E-state index contributed by atoms with van der Waals surface area (Å²) < 4.78 is 0. The Labute approximate surface area is 127 Å². The monoisotopic (exact) mass is 299 g/mol. The molecule has 3 aromatic rings. The van der Waals surface area contributed by atoms with E-state index in [9.17, 15) is 0 Å². The summed E-state index contributed by atoms with van der Waals surface area (Å²) in [5, 5.41) is 10.6. The van der Waals surface area contributed by atoms with E-state index in [4.69, 9.17) is 11.6 Å². The third-order valence-electron chi connectivity index (χ3n) is 3.25. The number of halogens is 1. The first-order valence-corrected chi connectivity index (χ1v) is 6.91. The molecule has 0 aliphatic rings. The fourth-order valence-electron chi connectivity index (χ4n) is 2.01. The van der Waals surface area contributed by atoms with E-state index in [1.165, 1.54) is 6.33 Å². The molecular formula is C15H14ClN5. The van der Waals surface area contributed by atoms with Gasteiger partial charge in [0, 0.05) is 18.3 Å². The van der Waals surface area contributed by atoms with Crippen LogP contribution in [0.15, 0.2) is 42.9 Å². The van der Waals surface area contributed by atoms with Gasteiger partial charge in [0.2, 0.25) is 0 Å². The molecule has 0 saturated heterocycles. The van der Waals surface area contributed by atoms with Crippen molar-refractivity contribution in [3.8, 4) is 11.3 Å². The lowest BCUT2D eigenvalue weighted by molar-refractivity contribution is 1.06. The molecule has 0 radical (unpaired) electrons. The highest BCUT2D eigenvalue weighted by Crippen LogP contribution is 2.20. The largest absolute Gasteiger partial charge is 0.366 e. The molecule has 3 rings (SSSR count). The zero-order chi connectivity index (χ0) is 14.7. The molecular weight excluding hydrogens is 286 g/mol. The van der Waals surface area contributed by atoms with Gasteiger partial charge in [-0.25, -0.2) is 9.97 Å². The van der Waals surface area contributed by atoms with Gasteiger partial charge in [0.25, 0.3) is 0 Å². The van der Waals surface area contributed by atoms with Crippen molar-refractivity contribution in [3.05, 3.63) is 59.1 Å². The zero-order valence-electron chi connectivity index (χ0n) is 11.5. The molecule has 6 heteroatoms.